The summed E-state index contributed by atoms with van der Waals surface area (Å²) in [5.74, 6) is -0.733. The number of aromatic nitrogens is 1. The standard InChI is InChI=1S/C28H34N4O4/c1-19(29)30-15-7-12-24(27(35)36-28(2,3)4)31-25(33)23-11-8-16-32(26(23)34)18-20-13-14-21-9-5-6-10-22(21)17-20/h5-6,8-11,13-14,16-17,24H,7,12,15,18H2,1-4H3,(H2,29,30)(H,31,33)/t24-/m0/s1. The number of carbonyl (C=O) groups excluding carboxylic acids is 2. The Kier molecular flexibility index (Phi) is 8.64. The molecule has 8 heteroatoms. The van der Waals surface area contributed by atoms with Crippen LogP contribution in [0, 0.1) is 0 Å². The number of hydrogen-bond donors (Lipinski definition) is 2. The Morgan fingerprint density at radius 1 is 1.08 bits per heavy atom. The summed E-state index contributed by atoms with van der Waals surface area (Å²) >= 11 is 0. The molecule has 3 aromatic rings. The van der Waals surface area contributed by atoms with Crippen LogP contribution in [0.1, 0.15) is 56.5 Å². The minimum absolute atomic E-state index is 0.0392. The highest BCUT2D eigenvalue weighted by molar-refractivity contribution is 5.96. The second kappa shape index (κ2) is 11.7. The van der Waals surface area contributed by atoms with Gasteiger partial charge in [0, 0.05) is 12.7 Å². The predicted octanol–water partition coefficient (Wildman–Crippen LogP) is 3.65. The first-order chi connectivity index (χ1) is 17.0. The second-order valence-corrected chi connectivity index (χ2v) is 9.76. The first-order valence-electron chi connectivity index (χ1n) is 12.0. The lowest BCUT2D eigenvalue weighted by molar-refractivity contribution is -0.157. The van der Waals surface area contributed by atoms with E-state index in [1.54, 1.807) is 40.0 Å². The number of aliphatic imine (C=N–C) groups is 1. The minimum atomic E-state index is -0.918. The number of nitrogens with one attached hydrogen (secondary N) is 1. The maximum Gasteiger partial charge on any atom is 0.329 e. The van der Waals surface area contributed by atoms with E-state index in [0.717, 1.165) is 16.3 Å². The van der Waals surface area contributed by atoms with Crippen molar-refractivity contribution in [3.05, 3.63) is 82.3 Å². The van der Waals surface area contributed by atoms with Crippen LogP contribution in [0.25, 0.3) is 10.8 Å². The third-order valence-electron chi connectivity index (χ3n) is 5.44. The summed E-state index contributed by atoms with van der Waals surface area (Å²) in [6, 6.07) is 16.2. The summed E-state index contributed by atoms with van der Waals surface area (Å²) in [6.45, 7) is 7.70. The highest BCUT2D eigenvalue weighted by atomic mass is 16.6. The van der Waals surface area contributed by atoms with Gasteiger partial charge in [0.15, 0.2) is 0 Å². The van der Waals surface area contributed by atoms with Crippen molar-refractivity contribution in [3.63, 3.8) is 0 Å². The monoisotopic (exact) mass is 490 g/mol. The lowest BCUT2D eigenvalue weighted by Crippen LogP contribution is -2.45. The highest BCUT2D eigenvalue weighted by Crippen LogP contribution is 2.16. The molecule has 3 N–H and O–H groups in total. The number of hydrogen-bond acceptors (Lipinski definition) is 5. The Morgan fingerprint density at radius 3 is 2.50 bits per heavy atom. The van der Waals surface area contributed by atoms with Gasteiger partial charge in [-0.25, -0.2) is 4.79 Å². The predicted molar refractivity (Wildman–Crippen MR) is 142 cm³/mol. The molecule has 0 saturated carbocycles. The van der Waals surface area contributed by atoms with E-state index in [9.17, 15) is 14.4 Å². The summed E-state index contributed by atoms with van der Waals surface area (Å²) in [7, 11) is 0. The molecule has 0 aliphatic rings. The molecule has 0 bridgehead atoms. The van der Waals surface area contributed by atoms with Crippen LogP contribution in [0.5, 0.6) is 0 Å². The fraction of sp³-hybridized carbons (Fsp3) is 0.357. The zero-order valence-electron chi connectivity index (χ0n) is 21.3. The normalized spacial score (nSPS) is 12.8. The Balaban J connectivity index is 1.78. The molecule has 1 amide bonds. The largest absolute Gasteiger partial charge is 0.458 e. The molecule has 1 atom stereocenters. The van der Waals surface area contributed by atoms with Crippen molar-refractivity contribution >= 4 is 28.5 Å². The number of nitrogens with zero attached hydrogens (tertiary/aromatic N) is 2. The molecule has 0 spiro atoms. The molecule has 0 unspecified atom stereocenters. The molecule has 1 aromatic heterocycles. The number of amides is 1. The van der Waals surface area contributed by atoms with Crippen molar-refractivity contribution in [1.29, 1.82) is 0 Å². The number of fused-ring (bicyclic) bond motifs is 1. The molecule has 2 aromatic carbocycles. The maximum atomic E-state index is 13.1. The minimum Gasteiger partial charge on any atom is -0.458 e. The van der Waals surface area contributed by atoms with Crippen molar-refractivity contribution in [2.45, 2.75) is 58.7 Å². The zero-order valence-corrected chi connectivity index (χ0v) is 21.3. The number of carbonyl (C=O) groups is 2. The van der Waals surface area contributed by atoms with Crippen LogP contribution in [0.4, 0.5) is 0 Å². The Morgan fingerprint density at radius 2 is 1.81 bits per heavy atom. The Bertz CT molecular complexity index is 1320. The Hall–Kier alpha value is -3.94. The quantitative estimate of drug-likeness (QED) is 0.206. The van der Waals surface area contributed by atoms with Crippen LogP contribution in [0.2, 0.25) is 0 Å². The average Bonchev–Trinajstić information content (AvgIpc) is 2.81. The first kappa shape index (κ1) is 26.7. The van der Waals surface area contributed by atoms with E-state index in [1.807, 2.05) is 42.5 Å². The topological polar surface area (TPSA) is 116 Å². The van der Waals surface area contributed by atoms with Crippen LogP contribution in [0.3, 0.4) is 0 Å². The molecule has 0 radical (unpaired) electrons. The van der Waals surface area contributed by atoms with Gasteiger partial charge in [0.2, 0.25) is 0 Å². The van der Waals surface area contributed by atoms with E-state index < -0.39 is 29.1 Å². The van der Waals surface area contributed by atoms with Gasteiger partial charge in [0.05, 0.1) is 12.4 Å². The SMILES string of the molecule is CC(N)=NCCC[C@H](NC(=O)c1cccn(Cc2ccc3ccccc3c2)c1=O)C(=O)OC(C)(C)C. The molecular weight excluding hydrogens is 456 g/mol. The van der Waals surface area contributed by atoms with Gasteiger partial charge in [-0.3, -0.25) is 14.6 Å². The zero-order chi connectivity index (χ0) is 26.3. The van der Waals surface area contributed by atoms with Gasteiger partial charge in [-0.05, 0) is 75.1 Å². The molecule has 8 nitrogen and oxygen atoms in total. The molecule has 0 aliphatic carbocycles. The number of nitrogens with two attached hydrogens (primary N) is 1. The number of pyridine rings is 1. The number of amidine groups is 1. The van der Waals surface area contributed by atoms with Crippen LogP contribution in [-0.2, 0) is 16.1 Å². The smallest absolute Gasteiger partial charge is 0.329 e. The molecule has 0 saturated heterocycles. The molecule has 3 rings (SSSR count). The van der Waals surface area contributed by atoms with Gasteiger partial charge in [-0.1, -0.05) is 36.4 Å². The van der Waals surface area contributed by atoms with Gasteiger partial charge in [-0.2, -0.15) is 0 Å². The number of rotatable bonds is 9. The third kappa shape index (κ3) is 7.53. The maximum absolute atomic E-state index is 13.1. The molecule has 0 aliphatic heterocycles. The summed E-state index contributed by atoms with van der Waals surface area (Å²) in [5.41, 5.74) is 5.32. The van der Waals surface area contributed by atoms with Gasteiger partial charge >= 0.3 is 5.97 Å². The Labute approximate surface area is 211 Å². The average molecular weight is 491 g/mol. The number of benzene rings is 2. The summed E-state index contributed by atoms with van der Waals surface area (Å²) in [6.07, 6.45) is 2.46. The fourth-order valence-electron chi connectivity index (χ4n) is 3.78. The number of ether oxygens (including phenoxy) is 1. The number of esters is 1. The van der Waals surface area contributed by atoms with E-state index in [1.165, 1.54) is 10.6 Å². The first-order valence-corrected chi connectivity index (χ1v) is 12.0. The van der Waals surface area contributed by atoms with Crippen molar-refractivity contribution in [2.75, 3.05) is 6.54 Å². The van der Waals surface area contributed by atoms with Crippen molar-refractivity contribution in [3.8, 4) is 0 Å². The van der Waals surface area contributed by atoms with Crippen LogP contribution < -0.4 is 16.6 Å². The summed E-state index contributed by atoms with van der Waals surface area (Å²) in [4.78, 5) is 43.1. The lowest BCUT2D eigenvalue weighted by Gasteiger charge is -2.24. The molecule has 0 fully saturated rings. The van der Waals surface area contributed by atoms with E-state index in [2.05, 4.69) is 10.3 Å². The van der Waals surface area contributed by atoms with Crippen molar-refractivity contribution in [2.24, 2.45) is 10.7 Å². The molecular formula is C28H34N4O4. The van der Waals surface area contributed by atoms with Gasteiger partial charge in [0.1, 0.15) is 17.2 Å². The van der Waals surface area contributed by atoms with Crippen LogP contribution >= 0.6 is 0 Å². The highest BCUT2D eigenvalue weighted by Gasteiger charge is 2.27. The summed E-state index contributed by atoms with van der Waals surface area (Å²) < 4.78 is 6.97. The van der Waals surface area contributed by atoms with Gasteiger partial charge in [-0.15, -0.1) is 0 Å². The molecule has 190 valence electrons. The van der Waals surface area contributed by atoms with Crippen LogP contribution in [-0.4, -0.2) is 40.5 Å². The van der Waals surface area contributed by atoms with E-state index in [4.69, 9.17) is 10.5 Å². The van der Waals surface area contributed by atoms with Crippen molar-refractivity contribution in [1.82, 2.24) is 9.88 Å². The van der Waals surface area contributed by atoms with Gasteiger partial charge in [0.25, 0.3) is 11.5 Å². The van der Waals surface area contributed by atoms with E-state index in [0.29, 0.717) is 31.8 Å². The fourth-order valence-corrected chi connectivity index (χ4v) is 3.78. The van der Waals surface area contributed by atoms with Gasteiger partial charge < -0.3 is 20.4 Å². The second-order valence-electron chi connectivity index (χ2n) is 9.76. The summed E-state index contributed by atoms with van der Waals surface area (Å²) in [5, 5.41) is 4.88. The van der Waals surface area contributed by atoms with E-state index >= 15 is 0 Å². The van der Waals surface area contributed by atoms with E-state index in [-0.39, 0.29) is 5.56 Å². The van der Waals surface area contributed by atoms with Crippen molar-refractivity contribution < 1.29 is 14.3 Å². The third-order valence-corrected chi connectivity index (χ3v) is 5.44. The van der Waals surface area contributed by atoms with Crippen LogP contribution in [0.15, 0.2) is 70.6 Å². The molecule has 36 heavy (non-hydrogen) atoms. The molecule has 1 heterocycles. The lowest BCUT2D eigenvalue weighted by atomic mass is 10.1.